The highest BCUT2D eigenvalue weighted by Gasteiger charge is 2.28. The Balaban J connectivity index is 1.38. The molecule has 0 saturated carbocycles. The molecule has 2 aliphatic heterocycles. The van der Waals surface area contributed by atoms with Crippen LogP contribution in [0, 0.1) is 5.82 Å². The number of benzene rings is 1. The smallest absolute Gasteiger partial charge is 0.125 e. The number of nitrogens with zero attached hydrogens (tertiary/aromatic N) is 2. The predicted octanol–water partition coefficient (Wildman–Crippen LogP) is 1.64. The average molecular weight is 293 g/mol. The summed E-state index contributed by atoms with van der Waals surface area (Å²) < 4.78 is 18.5. The van der Waals surface area contributed by atoms with Crippen molar-refractivity contribution in [3.05, 3.63) is 30.1 Å². The Hall–Kier alpha value is -1.17. The van der Waals surface area contributed by atoms with Crippen molar-refractivity contribution in [2.45, 2.75) is 12.5 Å². The topological polar surface area (TPSA) is 27.7 Å². The molecule has 0 bridgehead atoms. The van der Waals surface area contributed by atoms with Crippen molar-refractivity contribution < 1.29 is 9.13 Å². The minimum Gasteiger partial charge on any atom is -0.384 e. The van der Waals surface area contributed by atoms with Gasteiger partial charge in [0.1, 0.15) is 5.82 Å². The number of hydrogen-bond donors (Lipinski definition) is 1. The lowest BCUT2D eigenvalue weighted by Crippen LogP contribution is -2.44. The van der Waals surface area contributed by atoms with Gasteiger partial charge in [-0.2, -0.15) is 0 Å². The Labute approximate surface area is 125 Å². The molecule has 3 rings (SSSR count). The highest BCUT2D eigenvalue weighted by atomic mass is 19.1. The molecule has 0 amide bonds. The van der Waals surface area contributed by atoms with Crippen LogP contribution in [0.3, 0.4) is 0 Å². The molecule has 0 spiro atoms. The van der Waals surface area contributed by atoms with Gasteiger partial charge in [-0.1, -0.05) is 6.07 Å². The van der Waals surface area contributed by atoms with Crippen molar-refractivity contribution in [2.24, 2.45) is 0 Å². The van der Waals surface area contributed by atoms with E-state index < -0.39 is 0 Å². The third-order valence-electron chi connectivity index (χ3n) is 4.39. The molecule has 0 aliphatic carbocycles. The molecular weight excluding hydrogens is 269 g/mol. The predicted molar refractivity (Wildman–Crippen MR) is 82.1 cm³/mol. The van der Waals surface area contributed by atoms with E-state index >= 15 is 0 Å². The second kappa shape index (κ2) is 7.20. The van der Waals surface area contributed by atoms with Gasteiger partial charge in [0.15, 0.2) is 0 Å². The van der Waals surface area contributed by atoms with Crippen LogP contribution in [-0.4, -0.2) is 68.3 Å². The largest absolute Gasteiger partial charge is 0.384 e. The number of ether oxygens (including phenoxy) is 1. The summed E-state index contributed by atoms with van der Waals surface area (Å²) >= 11 is 0. The molecule has 5 heteroatoms. The van der Waals surface area contributed by atoms with Gasteiger partial charge in [0, 0.05) is 44.5 Å². The zero-order chi connectivity index (χ0) is 14.5. The maximum Gasteiger partial charge on any atom is 0.125 e. The molecule has 2 aliphatic rings. The van der Waals surface area contributed by atoms with Gasteiger partial charge in [-0.05, 0) is 31.2 Å². The summed E-state index contributed by atoms with van der Waals surface area (Å²) in [5.41, 5.74) is 0.860. The van der Waals surface area contributed by atoms with E-state index in [0.29, 0.717) is 6.04 Å². The molecule has 1 atom stereocenters. The average Bonchev–Trinajstić information content (AvgIpc) is 2.97. The zero-order valence-electron chi connectivity index (χ0n) is 12.4. The van der Waals surface area contributed by atoms with Gasteiger partial charge in [-0.15, -0.1) is 0 Å². The summed E-state index contributed by atoms with van der Waals surface area (Å²) in [7, 11) is 0. The van der Waals surface area contributed by atoms with E-state index in [4.69, 9.17) is 4.74 Å². The van der Waals surface area contributed by atoms with E-state index in [2.05, 4.69) is 15.1 Å². The number of morpholine rings is 1. The summed E-state index contributed by atoms with van der Waals surface area (Å²) in [4.78, 5) is 5.05. The van der Waals surface area contributed by atoms with Crippen LogP contribution in [0.2, 0.25) is 0 Å². The van der Waals surface area contributed by atoms with Gasteiger partial charge in [0.05, 0.1) is 13.2 Å². The van der Waals surface area contributed by atoms with Gasteiger partial charge in [0.2, 0.25) is 0 Å². The number of rotatable bonds is 5. The number of nitrogens with one attached hydrogen (secondary N) is 1. The lowest BCUT2D eigenvalue weighted by Gasteiger charge is -2.32. The van der Waals surface area contributed by atoms with E-state index in [1.165, 1.54) is 12.5 Å². The first-order chi connectivity index (χ1) is 10.3. The van der Waals surface area contributed by atoms with Crippen LogP contribution >= 0.6 is 0 Å². The molecule has 1 N–H and O–H groups in total. The Bertz CT molecular complexity index is 451. The van der Waals surface area contributed by atoms with E-state index in [-0.39, 0.29) is 5.82 Å². The first-order valence-corrected chi connectivity index (χ1v) is 7.85. The monoisotopic (exact) mass is 293 g/mol. The summed E-state index contributed by atoms with van der Waals surface area (Å²) in [6, 6.07) is 7.34. The van der Waals surface area contributed by atoms with E-state index in [0.717, 1.165) is 58.2 Å². The number of likely N-dealkylation sites (tertiary alicyclic amines) is 1. The third kappa shape index (κ3) is 4.15. The minimum atomic E-state index is -0.187. The van der Waals surface area contributed by atoms with Gasteiger partial charge >= 0.3 is 0 Å². The fourth-order valence-corrected chi connectivity index (χ4v) is 3.21. The zero-order valence-corrected chi connectivity index (χ0v) is 12.4. The van der Waals surface area contributed by atoms with E-state index in [1.54, 1.807) is 12.1 Å². The first kappa shape index (κ1) is 14.8. The Kier molecular flexibility index (Phi) is 5.06. The maximum atomic E-state index is 13.1. The molecule has 0 aromatic heterocycles. The second-order valence-corrected chi connectivity index (χ2v) is 5.83. The van der Waals surface area contributed by atoms with Gasteiger partial charge in [-0.25, -0.2) is 4.39 Å². The summed E-state index contributed by atoms with van der Waals surface area (Å²) in [5.74, 6) is -0.187. The number of anilines is 1. The highest BCUT2D eigenvalue weighted by molar-refractivity contribution is 5.42. The molecule has 2 fully saturated rings. The van der Waals surface area contributed by atoms with Crippen LogP contribution < -0.4 is 5.32 Å². The van der Waals surface area contributed by atoms with Gasteiger partial charge in [-0.3, -0.25) is 9.80 Å². The van der Waals surface area contributed by atoms with Crippen molar-refractivity contribution in [3.8, 4) is 0 Å². The third-order valence-corrected chi connectivity index (χ3v) is 4.39. The van der Waals surface area contributed by atoms with Crippen LogP contribution in [0.4, 0.5) is 10.1 Å². The summed E-state index contributed by atoms with van der Waals surface area (Å²) in [6.07, 6.45) is 1.25. The van der Waals surface area contributed by atoms with Gasteiger partial charge < -0.3 is 10.1 Å². The summed E-state index contributed by atoms with van der Waals surface area (Å²) in [6.45, 7) is 8.06. The molecule has 1 aromatic rings. The molecule has 116 valence electrons. The molecule has 4 nitrogen and oxygen atoms in total. The van der Waals surface area contributed by atoms with Crippen molar-refractivity contribution in [1.29, 1.82) is 0 Å². The molecule has 1 aromatic carbocycles. The Morgan fingerprint density at radius 1 is 1.24 bits per heavy atom. The number of halogens is 1. The lowest BCUT2D eigenvalue weighted by atomic mass is 10.2. The van der Waals surface area contributed by atoms with Crippen molar-refractivity contribution in [2.75, 3.05) is 57.8 Å². The molecule has 21 heavy (non-hydrogen) atoms. The van der Waals surface area contributed by atoms with Crippen molar-refractivity contribution >= 4 is 5.69 Å². The molecular formula is C16H24FN3O. The van der Waals surface area contributed by atoms with Crippen LogP contribution in [0.15, 0.2) is 24.3 Å². The van der Waals surface area contributed by atoms with E-state index in [9.17, 15) is 4.39 Å². The molecule has 0 radical (unpaired) electrons. The van der Waals surface area contributed by atoms with Crippen molar-refractivity contribution in [3.63, 3.8) is 0 Å². The summed E-state index contributed by atoms with van der Waals surface area (Å²) in [5, 5.41) is 3.29. The van der Waals surface area contributed by atoms with Crippen LogP contribution in [-0.2, 0) is 4.74 Å². The number of hydrogen-bond acceptors (Lipinski definition) is 4. The Morgan fingerprint density at radius 3 is 2.90 bits per heavy atom. The Morgan fingerprint density at radius 2 is 2.10 bits per heavy atom. The normalized spacial score (nSPS) is 24.3. The standard InChI is InChI=1S/C16H24FN3O/c17-14-2-1-3-15(12-14)18-5-7-19-6-4-16(13-19)20-8-10-21-11-9-20/h1-3,12,16,18H,4-11,13H2. The van der Waals surface area contributed by atoms with Crippen LogP contribution in [0.5, 0.6) is 0 Å². The van der Waals surface area contributed by atoms with E-state index in [1.807, 2.05) is 6.07 Å². The lowest BCUT2D eigenvalue weighted by molar-refractivity contribution is 0.0186. The molecule has 2 heterocycles. The highest BCUT2D eigenvalue weighted by Crippen LogP contribution is 2.16. The quantitative estimate of drug-likeness (QED) is 0.893. The van der Waals surface area contributed by atoms with Crippen LogP contribution in [0.25, 0.3) is 0 Å². The fraction of sp³-hybridized carbons (Fsp3) is 0.625. The van der Waals surface area contributed by atoms with Crippen molar-refractivity contribution in [1.82, 2.24) is 9.80 Å². The fourth-order valence-electron chi connectivity index (χ4n) is 3.21. The van der Waals surface area contributed by atoms with Gasteiger partial charge in [0.25, 0.3) is 0 Å². The van der Waals surface area contributed by atoms with Crippen LogP contribution in [0.1, 0.15) is 6.42 Å². The molecule has 2 saturated heterocycles. The first-order valence-electron chi connectivity index (χ1n) is 7.85. The minimum absolute atomic E-state index is 0.187. The maximum absolute atomic E-state index is 13.1. The SMILES string of the molecule is Fc1cccc(NCCN2CCC(N3CCOCC3)C2)c1. The molecule has 1 unspecified atom stereocenters. The second-order valence-electron chi connectivity index (χ2n) is 5.83.